The van der Waals surface area contributed by atoms with E-state index in [9.17, 15) is 0 Å². The van der Waals surface area contributed by atoms with Gasteiger partial charge in [-0.3, -0.25) is 4.98 Å². The SMILES string of the molecule is Cc1ccc(N2C(=S)N[C@H](c3ccccn3)[C@H]2c2cccn2-c2ccc(Cl)c(C)c2)cc1. The average Bonchev–Trinajstić information content (AvgIpc) is 3.41. The zero-order chi connectivity index (χ0) is 22.2. The second-order valence-corrected chi connectivity index (χ2v) is 8.86. The van der Waals surface area contributed by atoms with Crippen LogP contribution in [0.1, 0.15) is 34.6 Å². The third kappa shape index (κ3) is 3.68. The molecule has 1 aliphatic heterocycles. The van der Waals surface area contributed by atoms with E-state index in [-0.39, 0.29) is 12.1 Å². The summed E-state index contributed by atoms with van der Waals surface area (Å²) in [6.45, 7) is 4.11. The van der Waals surface area contributed by atoms with Crippen molar-refractivity contribution < 1.29 is 0 Å². The topological polar surface area (TPSA) is 33.1 Å². The second kappa shape index (κ2) is 8.41. The number of aryl methyl sites for hydroxylation is 2. The standard InChI is InChI=1S/C26H23ClN4S/c1-17-8-10-19(11-9-17)31-25(24(29-26(31)32)22-6-3-4-14-28-22)23-7-5-15-30(23)20-12-13-21(27)18(2)16-20/h3-16,24-25H,1-2H3,(H,29,32)/t24-,25-/m1/s1. The predicted molar refractivity (Wildman–Crippen MR) is 135 cm³/mol. The molecule has 4 aromatic rings. The third-order valence-corrected chi connectivity index (χ3v) is 6.65. The summed E-state index contributed by atoms with van der Waals surface area (Å²) in [7, 11) is 0. The maximum atomic E-state index is 6.29. The van der Waals surface area contributed by atoms with Gasteiger partial charge in [0.1, 0.15) is 6.04 Å². The number of anilines is 1. The van der Waals surface area contributed by atoms with Crippen molar-refractivity contribution in [3.63, 3.8) is 0 Å². The largest absolute Gasteiger partial charge is 0.351 e. The lowest BCUT2D eigenvalue weighted by Crippen LogP contribution is -2.30. The highest BCUT2D eigenvalue weighted by molar-refractivity contribution is 7.80. The molecule has 160 valence electrons. The molecule has 32 heavy (non-hydrogen) atoms. The molecule has 1 N–H and O–H groups in total. The van der Waals surface area contributed by atoms with Gasteiger partial charge >= 0.3 is 0 Å². The van der Waals surface area contributed by atoms with Crippen molar-refractivity contribution in [1.29, 1.82) is 0 Å². The Bertz CT molecular complexity index is 1270. The van der Waals surface area contributed by atoms with Gasteiger partial charge in [0.05, 0.1) is 11.7 Å². The molecule has 0 spiro atoms. The van der Waals surface area contributed by atoms with E-state index in [0.717, 1.165) is 33.3 Å². The number of hydrogen-bond donors (Lipinski definition) is 1. The van der Waals surface area contributed by atoms with Gasteiger partial charge < -0.3 is 14.8 Å². The van der Waals surface area contributed by atoms with E-state index in [0.29, 0.717) is 5.11 Å². The highest BCUT2D eigenvalue weighted by atomic mass is 35.5. The van der Waals surface area contributed by atoms with Crippen molar-refractivity contribution in [3.05, 3.63) is 113 Å². The minimum absolute atomic E-state index is 0.0777. The second-order valence-electron chi connectivity index (χ2n) is 8.07. The fraction of sp³-hybridized carbons (Fsp3) is 0.154. The monoisotopic (exact) mass is 458 g/mol. The summed E-state index contributed by atoms with van der Waals surface area (Å²) in [6, 6.07) is 24.6. The van der Waals surface area contributed by atoms with Crippen molar-refractivity contribution in [2.75, 3.05) is 4.90 Å². The van der Waals surface area contributed by atoms with Crippen molar-refractivity contribution in [1.82, 2.24) is 14.9 Å². The molecule has 0 amide bonds. The van der Waals surface area contributed by atoms with Crippen LogP contribution < -0.4 is 10.2 Å². The van der Waals surface area contributed by atoms with E-state index < -0.39 is 0 Å². The molecule has 0 saturated carbocycles. The zero-order valence-corrected chi connectivity index (χ0v) is 19.4. The smallest absolute Gasteiger partial charge is 0.174 e. The van der Waals surface area contributed by atoms with Crippen LogP contribution in [0, 0.1) is 13.8 Å². The molecular formula is C26H23ClN4S. The molecule has 6 heteroatoms. The lowest BCUT2D eigenvalue weighted by atomic mass is 10.0. The molecule has 4 nitrogen and oxygen atoms in total. The first-order valence-corrected chi connectivity index (χ1v) is 11.3. The van der Waals surface area contributed by atoms with Crippen LogP contribution in [0.3, 0.4) is 0 Å². The summed E-state index contributed by atoms with van der Waals surface area (Å²) in [5.41, 5.74) is 6.44. The van der Waals surface area contributed by atoms with E-state index in [1.54, 1.807) is 0 Å². The quantitative estimate of drug-likeness (QED) is 0.363. The Morgan fingerprint density at radius 1 is 0.938 bits per heavy atom. The number of halogens is 1. The number of pyridine rings is 1. The number of hydrogen-bond acceptors (Lipinski definition) is 2. The van der Waals surface area contributed by atoms with E-state index in [1.165, 1.54) is 5.56 Å². The summed E-state index contributed by atoms with van der Waals surface area (Å²) >= 11 is 12.1. The lowest BCUT2D eigenvalue weighted by molar-refractivity contribution is 0.549. The Hall–Kier alpha value is -3.15. The van der Waals surface area contributed by atoms with Gasteiger partial charge in [-0.2, -0.15) is 0 Å². The normalized spacial score (nSPS) is 18.1. The minimum Gasteiger partial charge on any atom is -0.351 e. The first kappa shape index (κ1) is 20.7. The van der Waals surface area contributed by atoms with E-state index in [2.05, 4.69) is 75.4 Å². The van der Waals surface area contributed by atoms with Crippen molar-refractivity contribution in [2.45, 2.75) is 25.9 Å². The van der Waals surface area contributed by atoms with Crippen LogP contribution in [-0.4, -0.2) is 14.7 Å². The van der Waals surface area contributed by atoms with Gasteiger partial charge in [-0.25, -0.2) is 0 Å². The summed E-state index contributed by atoms with van der Waals surface area (Å²) in [4.78, 5) is 6.85. The molecule has 2 aromatic heterocycles. The molecule has 0 bridgehead atoms. The van der Waals surface area contributed by atoms with E-state index in [4.69, 9.17) is 23.8 Å². The summed E-state index contributed by atoms with van der Waals surface area (Å²) in [5, 5.41) is 4.98. The minimum atomic E-state index is -0.0907. The van der Waals surface area contributed by atoms with Crippen LogP contribution in [0.2, 0.25) is 5.02 Å². The van der Waals surface area contributed by atoms with Gasteiger partial charge in [-0.1, -0.05) is 35.4 Å². The molecule has 0 aliphatic carbocycles. The van der Waals surface area contributed by atoms with Crippen LogP contribution >= 0.6 is 23.8 Å². The number of nitrogens with zero attached hydrogens (tertiary/aromatic N) is 3. The van der Waals surface area contributed by atoms with Crippen LogP contribution in [0.25, 0.3) is 5.69 Å². The number of rotatable bonds is 4. The van der Waals surface area contributed by atoms with Crippen molar-refractivity contribution >= 4 is 34.6 Å². The fourth-order valence-corrected chi connectivity index (χ4v) is 4.75. The van der Waals surface area contributed by atoms with Crippen molar-refractivity contribution in [2.24, 2.45) is 0 Å². The van der Waals surface area contributed by atoms with Gasteiger partial charge in [0, 0.05) is 34.5 Å². The first-order chi connectivity index (χ1) is 15.5. The van der Waals surface area contributed by atoms with Gasteiger partial charge in [-0.05, 0) is 86.2 Å². The van der Waals surface area contributed by atoms with Gasteiger partial charge in [0.2, 0.25) is 0 Å². The molecule has 0 radical (unpaired) electrons. The number of benzene rings is 2. The highest BCUT2D eigenvalue weighted by Crippen LogP contribution is 2.42. The van der Waals surface area contributed by atoms with Gasteiger partial charge in [0.25, 0.3) is 0 Å². The zero-order valence-electron chi connectivity index (χ0n) is 17.9. The van der Waals surface area contributed by atoms with E-state index in [1.807, 2.05) is 43.5 Å². The number of aromatic nitrogens is 2. The summed E-state index contributed by atoms with van der Waals surface area (Å²) in [5.74, 6) is 0. The third-order valence-electron chi connectivity index (χ3n) is 5.91. The maximum absolute atomic E-state index is 6.29. The number of nitrogens with one attached hydrogen (secondary N) is 1. The maximum Gasteiger partial charge on any atom is 0.174 e. The average molecular weight is 459 g/mol. The van der Waals surface area contributed by atoms with Crippen LogP contribution in [0.5, 0.6) is 0 Å². The van der Waals surface area contributed by atoms with Crippen molar-refractivity contribution in [3.8, 4) is 5.69 Å². The molecule has 1 saturated heterocycles. The van der Waals surface area contributed by atoms with Crippen LogP contribution in [0.4, 0.5) is 5.69 Å². The van der Waals surface area contributed by atoms with Crippen LogP contribution in [0.15, 0.2) is 85.2 Å². The Morgan fingerprint density at radius 2 is 1.72 bits per heavy atom. The Morgan fingerprint density at radius 3 is 2.44 bits per heavy atom. The number of thiocarbonyl (C=S) groups is 1. The molecule has 2 aromatic carbocycles. The highest BCUT2D eigenvalue weighted by Gasteiger charge is 2.42. The van der Waals surface area contributed by atoms with Crippen LogP contribution in [-0.2, 0) is 0 Å². The molecule has 3 heterocycles. The molecular weight excluding hydrogens is 436 g/mol. The van der Waals surface area contributed by atoms with Gasteiger partial charge in [-0.15, -0.1) is 0 Å². The summed E-state index contributed by atoms with van der Waals surface area (Å²) < 4.78 is 2.21. The molecule has 5 rings (SSSR count). The molecule has 1 fully saturated rings. The molecule has 1 aliphatic rings. The Balaban J connectivity index is 1.67. The Labute approximate surface area is 198 Å². The molecule has 0 unspecified atom stereocenters. The lowest BCUT2D eigenvalue weighted by Gasteiger charge is -2.29. The fourth-order valence-electron chi connectivity index (χ4n) is 4.29. The first-order valence-electron chi connectivity index (χ1n) is 10.5. The van der Waals surface area contributed by atoms with Gasteiger partial charge in [0.15, 0.2) is 5.11 Å². The molecule has 2 atom stereocenters. The summed E-state index contributed by atoms with van der Waals surface area (Å²) in [6.07, 6.45) is 3.91. The Kier molecular flexibility index (Phi) is 5.45. The van der Waals surface area contributed by atoms with E-state index >= 15 is 0 Å². The predicted octanol–water partition coefficient (Wildman–Crippen LogP) is 6.32.